The Labute approximate surface area is 273 Å². The van der Waals surface area contributed by atoms with Crippen molar-refractivity contribution in [3.8, 4) is 11.5 Å². The average Bonchev–Trinajstić information content (AvgIpc) is 2.84. The van der Waals surface area contributed by atoms with E-state index in [-0.39, 0.29) is 39.5 Å². The molecule has 252 valence electrons. The third-order valence-electron chi connectivity index (χ3n) is 8.77. The van der Waals surface area contributed by atoms with E-state index >= 15 is 0 Å². The third kappa shape index (κ3) is 10.2. The molecule has 0 bridgehead atoms. The van der Waals surface area contributed by atoms with Gasteiger partial charge in [-0.25, -0.2) is 0 Å². The molecule has 2 aromatic rings. The largest absolute Gasteiger partial charge is 0.507 e. The summed E-state index contributed by atoms with van der Waals surface area (Å²) in [5.41, 5.74) is 4.01. The number of rotatable bonds is 9. The van der Waals surface area contributed by atoms with E-state index < -0.39 is 5.54 Å². The molecule has 2 aromatic carbocycles. The fourth-order valence-corrected chi connectivity index (χ4v) is 5.50. The fourth-order valence-electron chi connectivity index (χ4n) is 5.50. The molecule has 0 aliphatic carbocycles. The van der Waals surface area contributed by atoms with Crippen molar-refractivity contribution in [1.82, 2.24) is 10.6 Å². The summed E-state index contributed by atoms with van der Waals surface area (Å²) in [6, 6.07) is 7.80. The first kappa shape index (κ1) is 38.2. The van der Waals surface area contributed by atoms with Gasteiger partial charge in [-0.05, 0) is 88.7 Å². The molecule has 1 unspecified atom stereocenters. The number of phenols is 2. The molecule has 0 saturated heterocycles. The highest BCUT2D eigenvalue weighted by molar-refractivity contribution is 5.78. The molecule has 6 heteroatoms. The van der Waals surface area contributed by atoms with Gasteiger partial charge in [0.25, 0.3) is 0 Å². The number of carbonyl (C=O) groups excluding carboxylic acids is 2. The van der Waals surface area contributed by atoms with Crippen LogP contribution in [0.5, 0.6) is 11.5 Å². The third-order valence-corrected chi connectivity index (χ3v) is 8.77. The number of carbonyl (C=O) groups is 2. The zero-order chi connectivity index (χ0) is 34.9. The summed E-state index contributed by atoms with van der Waals surface area (Å²) in [6.07, 6.45) is 1.71. The molecule has 2 amide bonds. The number of hydrogen-bond acceptors (Lipinski definition) is 4. The van der Waals surface area contributed by atoms with Gasteiger partial charge in [-0.2, -0.15) is 0 Å². The number of nitrogens with one attached hydrogen (secondary N) is 2. The van der Waals surface area contributed by atoms with Crippen LogP contribution < -0.4 is 10.6 Å². The molecule has 0 aromatic heterocycles. The van der Waals surface area contributed by atoms with E-state index in [9.17, 15) is 19.8 Å². The van der Waals surface area contributed by atoms with E-state index in [1.165, 1.54) is 0 Å². The highest BCUT2D eigenvalue weighted by atomic mass is 16.3. The number of phenolic OH excluding ortho intramolecular Hbond substituents is 2. The molecular weight excluding hydrogens is 560 g/mol. The number of aryl methyl sites for hydroxylation is 2. The first-order valence-electron chi connectivity index (χ1n) is 16.5. The van der Waals surface area contributed by atoms with Crippen molar-refractivity contribution in [2.24, 2.45) is 0 Å². The summed E-state index contributed by atoms with van der Waals surface area (Å²) in [7, 11) is 0. The van der Waals surface area contributed by atoms with Gasteiger partial charge in [0.2, 0.25) is 11.8 Å². The Balaban J connectivity index is 2.08. The molecule has 0 saturated carbocycles. The van der Waals surface area contributed by atoms with Gasteiger partial charge < -0.3 is 20.8 Å². The molecule has 0 heterocycles. The van der Waals surface area contributed by atoms with E-state index in [2.05, 4.69) is 93.7 Å². The molecule has 0 radical (unpaired) electrons. The maximum atomic E-state index is 13.1. The molecule has 45 heavy (non-hydrogen) atoms. The highest BCUT2D eigenvalue weighted by Gasteiger charge is 2.31. The van der Waals surface area contributed by atoms with Crippen molar-refractivity contribution in [2.45, 2.75) is 163 Å². The molecule has 6 nitrogen and oxygen atoms in total. The van der Waals surface area contributed by atoms with Crippen molar-refractivity contribution in [1.29, 1.82) is 0 Å². The van der Waals surface area contributed by atoms with E-state index in [0.717, 1.165) is 33.4 Å². The molecule has 2 rings (SSSR count). The van der Waals surface area contributed by atoms with E-state index in [1.807, 2.05) is 45.0 Å². The van der Waals surface area contributed by atoms with Crippen molar-refractivity contribution in [3.63, 3.8) is 0 Å². The van der Waals surface area contributed by atoms with E-state index in [1.54, 1.807) is 0 Å². The van der Waals surface area contributed by atoms with Crippen molar-refractivity contribution < 1.29 is 19.8 Å². The Morgan fingerprint density at radius 1 is 0.578 bits per heavy atom. The van der Waals surface area contributed by atoms with Crippen molar-refractivity contribution in [2.75, 3.05) is 0 Å². The first-order valence-corrected chi connectivity index (χ1v) is 16.5. The minimum Gasteiger partial charge on any atom is -0.507 e. The molecule has 4 N–H and O–H groups in total. The minimum absolute atomic E-state index is 0.0824. The van der Waals surface area contributed by atoms with Gasteiger partial charge in [-0.1, -0.05) is 107 Å². The predicted molar refractivity (Wildman–Crippen MR) is 187 cm³/mol. The molecule has 0 fully saturated rings. The summed E-state index contributed by atoms with van der Waals surface area (Å²) in [4.78, 5) is 26.2. The normalized spacial score (nSPS) is 13.8. The Morgan fingerprint density at radius 3 is 1.16 bits per heavy atom. The van der Waals surface area contributed by atoms with Crippen LogP contribution in [-0.2, 0) is 44.1 Å². The topological polar surface area (TPSA) is 98.7 Å². The fraction of sp³-hybridized carbons (Fsp3) is 0.641. The van der Waals surface area contributed by atoms with Crippen LogP contribution in [-0.4, -0.2) is 33.6 Å². The van der Waals surface area contributed by atoms with Gasteiger partial charge in [-0.15, -0.1) is 0 Å². The Kier molecular flexibility index (Phi) is 11.3. The van der Waals surface area contributed by atoms with Crippen LogP contribution in [0.25, 0.3) is 0 Å². The van der Waals surface area contributed by atoms with E-state index in [4.69, 9.17) is 0 Å². The minimum atomic E-state index is -0.661. The first-order chi connectivity index (χ1) is 20.1. The Bertz CT molecular complexity index is 1310. The van der Waals surface area contributed by atoms with Crippen molar-refractivity contribution in [3.05, 3.63) is 57.6 Å². The SMILES string of the molecule is CC(NC(=O)CCc1cc(C(C)(C)C)c(O)c(C(C)(C)C)c1)C(C)(C)NC(=O)CCc1cc(C(C)(C)C)c(O)c(C(C)(C)C)c1. The van der Waals surface area contributed by atoms with E-state index in [0.29, 0.717) is 37.2 Å². The Hall–Kier alpha value is -3.02. The van der Waals surface area contributed by atoms with Crippen LogP contribution in [0.15, 0.2) is 24.3 Å². The quantitative estimate of drug-likeness (QED) is 0.226. The molecule has 1 atom stereocenters. The number of aromatic hydroxyl groups is 2. The maximum Gasteiger partial charge on any atom is 0.220 e. The second kappa shape index (κ2) is 13.4. The van der Waals surface area contributed by atoms with Crippen LogP contribution in [0.3, 0.4) is 0 Å². The second-order valence-electron chi connectivity index (χ2n) is 17.6. The zero-order valence-electron chi connectivity index (χ0n) is 30.9. The molecule has 0 spiro atoms. The lowest BCUT2D eigenvalue weighted by Gasteiger charge is -2.33. The highest BCUT2D eigenvalue weighted by Crippen LogP contribution is 2.41. The summed E-state index contributed by atoms with van der Waals surface area (Å²) >= 11 is 0. The van der Waals surface area contributed by atoms with Crippen LogP contribution in [0.2, 0.25) is 0 Å². The summed E-state index contributed by atoms with van der Waals surface area (Å²) in [6.45, 7) is 30.8. The van der Waals surface area contributed by atoms with Gasteiger partial charge in [0.05, 0.1) is 5.54 Å². The van der Waals surface area contributed by atoms with Crippen molar-refractivity contribution >= 4 is 11.8 Å². The van der Waals surface area contributed by atoms with Gasteiger partial charge >= 0.3 is 0 Å². The Morgan fingerprint density at radius 2 is 0.867 bits per heavy atom. The summed E-state index contributed by atoms with van der Waals surface area (Å²) in [5.74, 6) is 0.506. The number of benzene rings is 2. The molecule has 0 aliphatic heterocycles. The molecular formula is C39H62N2O4. The number of amides is 2. The summed E-state index contributed by atoms with van der Waals surface area (Å²) in [5, 5.41) is 28.3. The lowest BCUT2D eigenvalue weighted by Crippen LogP contribution is -2.57. The standard InChI is InChI=1S/C39H62N2O4/c1-24(40-31(42)18-16-25-20-27(35(2,3)4)33(44)28(21-25)36(5,6)7)39(14,15)41-32(43)19-17-26-22-29(37(8,9)10)34(45)30(23-26)38(11,12)13/h20-24,44-45H,16-19H2,1-15H3,(H,40,42)(H,41,43). The number of hydrogen-bond donors (Lipinski definition) is 4. The predicted octanol–water partition coefficient (Wildman–Crippen LogP) is 8.25. The van der Waals surface area contributed by atoms with Crippen LogP contribution in [0, 0.1) is 0 Å². The van der Waals surface area contributed by atoms with Gasteiger partial charge in [0.15, 0.2) is 0 Å². The van der Waals surface area contributed by atoms with Gasteiger partial charge in [-0.3, -0.25) is 9.59 Å². The summed E-state index contributed by atoms with van der Waals surface area (Å²) < 4.78 is 0. The smallest absolute Gasteiger partial charge is 0.220 e. The lowest BCUT2D eigenvalue weighted by atomic mass is 9.78. The van der Waals surface area contributed by atoms with Gasteiger partial charge in [0, 0.05) is 18.9 Å². The molecule has 0 aliphatic rings. The van der Waals surface area contributed by atoms with Crippen LogP contribution in [0.4, 0.5) is 0 Å². The monoisotopic (exact) mass is 622 g/mol. The van der Waals surface area contributed by atoms with Crippen LogP contribution >= 0.6 is 0 Å². The lowest BCUT2D eigenvalue weighted by molar-refractivity contribution is -0.125. The maximum absolute atomic E-state index is 13.1. The van der Waals surface area contributed by atoms with Gasteiger partial charge in [0.1, 0.15) is 11.5 Å². The van der Waals surface area contributed by atoms with Crippen LogP contribution in [0.1, 0.15) is 150 Å². The zero-order valence-corrected chi connectivity index (χ0v) is 30.9. The average molecular weight is 623 g/mol. The second-order valence-corrected chi connectivity index (χ2v) is 17.6.